The van der Waals surface area contributed by atoms with Crippen molar-refractivity contribution in [3.05, 3.63) is 112 Å². The SMILES string of the molecule is Cc1cc2c(cc1Oc1ccc(C(=O)NCCc3cccn3-c3ccc(C(F)(F)F)cc3)cc1)OCCC2C(=O)[N+]([O-])=C1CC1. The van der Waals surface area contributed by atoms with E-state index in [-0.39, 0.29) is 5.91 Å². The lowest BCUT2D eigenvalue weighted by Gasteiger charge is -2.25. The van der Waals surface area contributed by atoms with Crippen molar-refractivity contribution in [1.29, 1.82) is 0 Å². The minimum absolute atomic E-state index is 0.278. The van der Waals surface area contributed by atoms with Crippen LogP contribution in [0.2, 0.25) is 0 Å². The number of nitrogens with zero attached hydrogens (tertiary/aromatic N) is 2. The van der Waals surface area contributed by atoms with Crippen molar-refractivity contribution >= 4 is 17.5 Å². The molecule has 2 heterocycles. The second-order valence-electron chi connectivity index (χ2n) is 11.1. The quantitative estimate of drug-likeness (QED) is 0.135. The average Bonchev–Trinajstić information content (AvgIpc) is 3.78. The number of aromatic nitrogens is 1. The summed E-state index contributed by atoms with van der Waals surface area (Å²) in [6, 6.07) is 18.8. The summed E-state index contributed by atoms with van der Waals surface area (Å²) in [7, 11) is 0. The number of hydroxylamine groups is 1. The molecule has 4 aromatic rings. The van der Waals surface area contributed by atoms with E-state index in [4.69, 9.17) is 9.47 Å². The number of carbonyl (C=O) groups excluding carboxylic acids is 2. The standard InChI is InChI=1S/C34H30F3N3O5/c1-21-19-29-28(33(42)40(43)26-10-11-26)15-18-44-31(29)20-30(21)45-27-12-4-22(5-13-27)32(41)38-16-14-24-3-2-17-39(24)25-8-6-23(7-9-25)34(35,36)37/h2-9,12-13,17,19-20,28H,10-11,14-16,18H2,1H3,(H,38,41). The van der Waals surface area contributed by atoms with Gasteiger partial charge < -0.3 is 24.6 Å². The van der Waals surface area contributed by atoms with Gasteiger partial charge in [-0.05, 0) is 79.2 Å². The van der Waals surface area contributed by atoms with Crippen LogP contribution < -0.4 is 14.8 Å². The Hall–Kier alpha value is -5.06. The van der Waals surface area contributed by atoms with Crippen molar-refractivity contribution in [1.82, 2.24) is 9.88 Å². The molecule has 45 heavy (non-hydrogen) atoms. The number of alkyl halides is 3. The molecule has 1 saturated carbocycles. The number of fused-ring (bicyclic) bond motifs is 1. The van der Waals surface area contributed by atoms with E-state index >= 15 is 0 Å². The summed E-state index contributed by atoms with van der Waals surface area (Å²) in [5, 5.41) is 15.2. The van der Waals surface area contributed by atoms with Gasteiger partial charge in [-0.3, -0.25) is 4.79 Å². The molecule has 11 heteroatoms. The highest BCUT2D eigenvalue weighted by Gasteiger charge is 2.37. The number of halogens is 3. The van der Waals surface area contributed by atoms with Gasteiger partial charge in [0, 0.05) is 67.0 Å². The summed E-state index contributed by atoms with van der Waals surface area (Å²) in [6.07, 6.45) is -0.389. The van der Waals surface area contributed by atoms with Crippen LogP contribution in [0.4, 0.5) is 13.2 Å². The van der Waals surface area contributed by atoms with Crippen LogP contribution >= 0.6 is 0 Å². The molecule has 1 unspecified atom stereocenters. The van der Waals surface area contributed by atoms with Crippen LogP contribution in [0.1, 0.15) is 57.9 Å². The summed E-state index contributed by atoms with van der Waals surface area (Å²) in [4.78, 5) is 25.6. The molecule has 1 aliphatic carbocycles. The summed E-state index contributed by atoms with van der Waals surface area (Å²) in [6.45, 7) is 2.49. The predicted octanol–water partition coefficient (Wildman–Crippen LogP) is 6.71. The molecule has 1 atom stereocenters. The van der Waals surface area contributed by atoms with Gasteiger partial charge in [-0.1, -0.05) is 0 Å². The van der Waals surface area contributed by atoms with Gasteiger partial charge in [-0.25, -0.2) is 4.79 Å². The number of amides is 2. The average molecular weight is 618 g/mol. The van der Waals surface area contributed by atoms with Crippen LogP contribution in [0.5, 0.6) is 17.2 Å². The molecule has 0 spiro atoms. The molecule has 0 saturated heterocycles. The number of aryl methyl sites for hydroxylation is 1. The van der Waals surface area contributed by atoms with E-state index in [0.29, 0.717) is 83.3 Å². The summed E-state index contributed by atoms with van der Waals surface area (Å²) < 4.78 is 52.9. The lowest BCUT2D eigenvalue weighted by molar-refractivity contribution is -0.382. The maximum absolute atomic E-state index is 12.9. The summed E-state index contributed by atoms with van der Waals surface area (Å²) in [5.74, 6) is 0.255. The normalized spacial score (nSPS) is 15.6. The topological polar surface area (TPSA) is 95.6 Å². The number of hydrogen-bond acceptors (Lipinski definition) is 5. The molecule has 2 amide bonds. The van der Waals surface area contributed by atoms with E-state index in [1.54, 1.807) is 47.2 Å². The van der Waals surface area contributed by atoms with E-state index in [1.807, 2.05) is 19.1 Å². The largest absolute Gasteiger partial charge is 0.616 e. The van der Waals surface area contributed by atoms with Crippen molar-refractivity contribution in [3.8, 4) is 22.9 Å². The van der Waals surface area contributed by atoms with Crippen molar-refractivity contribution in [2.75, 3.05) is 13.2 Å². The predicted molar refractivity (Wildman–Crippen MR) is 160 cm³/mol. The highest BCUT2D eigenvalue weighted by molar-refractivity contribution is 5.98. The molecule has 232 valence electrons. The molecule has 0 radical (unpaired) electrons. The Bertz CT molecular complexity index is 1770. The zero-order valence-electron chi connectivity index (χ0n) is 24.4. The first-order chi connectivity index (χ1) is 21.6. The first kappa shape index (κ1) is 30.0. The fraction of sp³-hybridized carbons (Fsp3) is 0.265. The first-order valence-corrected chi connectivity index (χ1v) is 14.6. The van der Waals surface area contributed by atoms with Gasteiger partial charge in [0.1, 0.15) is 23.2 Å². The van der Waals surface area contributed by atoms with Crippen LogP contribution in [0.3, 0.4) is 0 Å². The number of ether oxygens (including phenoxy) is 2. The van der Waals surface area contributed by atoms with Crippen molar-refractivity contribution < 1.29 is 37.0 Å². The third-order valence-electron chi connectivity index (χ3n) is 7.92. The van der Waals surface area contributed by atoms with Crippen molar-refractivity contribution in [3.63, 3.8) is 0 Å². The Morgan fingerprint density at radius 2 is 1.80 bits per heavy atom. The minimum Gasteiger partial charge on any atom is -0.616 e. The minimum atomic E-state index is -4.40. The third kappa shape index (κ3) is 6.57. The Morgan fingerprint density at radius 3 is 2.49 bits per heavy atom. The molecule has 6 rings (SSSR count). The summed E-state index contributed by atoms with van der Waals surface area (Å²) >= 11 is 0. The number of nitrogens with one attached hydrogen (secondary N) is 1. The molecule has 1 aliphatic heterocycles. The Balaban J connectivity index is 1.06. The fourth-order valence-corrected chi connectivity index (χ4v) is 5.34. The molecule has 1 N–H and O–H groups in total. The van der Waals surface area contributed by atoms with E-state index in [2.05, 4.69) is 5.32 Å². The highest BCUT2D eigenvalue weighted by Crippen LogP contribution is 2.40. The molecule has 1 fully saturated rings. The van der Waals surface area contributed by atoms with Crippen molar-refractivity contribution in [2.45, 2.75) is 44.7 Å². The van der Waals surface area contributed by atoms with Gasteiger partial charge in [-0.2, -0.15) is 13.2 Å². The van der Waals surface area contributed by atoms with E-state index in [1.165, 1.54) is 12.1 Å². The Kier molecular flexibility index (Phi) is 8.09. The summed E-state index contributed by atoms with van der Waals surface area (Å²) in [5.41, 5.74) is 3.23. The lowest BCUT2D eigenvalue weighted by Crippen LogP contribution is -2.28. The maximum atomic E-state index is 12.9. The third-order valence-corrected chi connectivity index (χ3v) is 7.92. The molecule has 3 aromatic carbocycles. The second kappa shape index (κ2) is 12.1. The van der Waals surface area contributed by atoms with Gasteiger partial charge >= 0.3 is 12.1 Å². The number of hydrogen-bond donors (Lipinski definition) is 1. The molecular formula is C34H30F3N3O5. The monoisotopic (exact) mass is 617 g/mol. The fourth-order valence-electron chi connectivity index (χ4n) is 5.34. The van der Waals surface area contributed by atoms with Crippen LogP contribution in [-0.2, 0) is 17.4 Å². The molecule has 8 nitrogen and oxygen atoms in total. The van der Waals surface area contributed by atoms with Gasteiger partial charge in [0.15, 0.2) is 5.71 Å². The molecule has 1 aromatic heterocycles. The van der Waals surface area contributed by atoms with Crippen LogP contribution in [-0.4, -0.2) is 40.0 Å². The number of carbonyl (C=O) groups is 2. The van der Waals surface area contributed by atoms with Crippen LogP contribution in [0, 0.1) is 12.1 Å². The van der Waals surface area contributed by atoms with Gasteiger partial charge in [-0.15, -0.1) is 4.74 Å². The van der Waals surface area contributed by atoms with Gasteiger partial charge in [0.25, 0.3) is 5.91 Å². The molecular weight excluding hydrogens is 587 g/mol. The second-order valence-corrected chi connectivity index (χ2v) is 11.1. The number of rotatable bonds is 8. The van der Waals surface area contributed by atoms with E-state index in [9.17, 15) is 28.0 Å². The first-order valence-electron chi connectivity index (χ1n) is 14.6. The van der Waals surface area contributed by atoms with E-state index < -0.39 is 23.6 Å². The molecule has 2 aliphatic rings. The highest BCUT2D eigenvalue weighted by atomic mass is 19.4. The zero-order chi connectivity index (χ0) is 31.7. The maximum Gasteiger partial charge on any atom is 0.416 e. The number of benzene rings is 3. The van der Waals surface area contributed by atoms with Gasteiger partial charge in [0.05, 0.1) is 12.2 Å². The Morgan fingerprint density at radius 1 is 1.07 bits per heavy atom. The lowest BCUT2D eigenvalue weighted by atomic mass is 9.91. The van der Waals surface area contributed by atoms with E-state index in [0.717, 1.165) is 23.4 Å². The van der Waals surface area contributed by atoms with Gasteiger partial charge in [0.2, 0.25) is 0 Å². The smallest absolute Gasteiger partial charge is 0.416 e. The van der Waals surface area contributed by atoms with Crippen molar-refractivity contribution in [2.24, 2.45) is 0 Å². The molecule has 0 bridgehead atoms. The Labute approximate surface area is 257 Å². The van der Waals surface area contributed by atoms with Crippen LogP contribution in [0.25, 0.3) is 5.69 Å². The van der Waals surface area contributed by atoms with Crippen LogP contribution in [0.15, 0.2) is 79.0 Å². The zero-order valence-corrected chi connectivity index (χ0v) is 24.4.